The van der Waals surface area contributed by atoms with Gasteiger partial charge >= 0.3 is 0 Å². The highest BCUT2D eigenvalue weighted by molar-refractivity contribution is 5.81. The van der Waals surface area contributed by atoms with Crippen molar-refractivity contribution in [3.05, 3.63) is 35.9 Å². The molecule has 1 N–H and O–H groups in total. The number of nitrogens with one attached hydrogen (secondary N) is 1. The number of carbonyl (C=O) groups excluding carboxylic acids is 1. The monoisotopic (exact) mass is 270 g/mol. The zero-order valence-electron chi connectivity index (χ0n) is 12.0. The molecular formula is C17H22N2O. The summed E-state index contributed by atoms with van der Waals surface area (Å²) >= 11 is 0. The van der Waals surface area contributed by atoms with E-state index >= 15 is 0 Å². The van der Waals surface area contributed by atoms with Gasteiger partial charge in [0.05, 0.1) is 6.07 Å². The Morgan fingerprint density at radius 1 is 1.35 bits per heavy atom. The highest BCUT2D eigenvalue weighted by Gasteiger charge is 2.26. The molecule has 1 saturated carbocycles. The lowest BCUT2D eigenvalue weighted by molar-refractivity contribution is -0.124. The van der Waals surface area contributed by atoms with Gasteiger partial charge in [0.15, 0.2) is 0 Å². The van der Waals surface area contributed by atoms with E-state index in [0.717, 1.165) is 12.0 Å². The maximum Gasteiger partial charge on any atom is 0.237 e. The van der Waals surface area contributed by atoms with E-state index in [1.807, 2.05) is 30.3 Å². The molecule has 1 aromatic carbocycles. The Kier molecular flexibility index (Phi) is 5.17. The molecule has 3 unspecified atom stereocenters. The molecule has 106 valence electrons. The maximum absolute atomic E-state index is 12.3. The average molecular weight is 270 g/mol. The van der Waals surface area contributed by atoms with Crippen LogP contribution in [-0.2, 0) is 11.2 Å². The zero-order valence-corrected chi connectivity index (χ0v) is 12.0. The minimum atomic E-state index is -0.591. The van der Waals surface area contributed by atoms with Crippen LogP contribution in [0.3, 0.4) is 0 Å². The number of nitriles is 1. The van der Waals surface area contributed by atoms with Gasteiger partial charge in [0.2, 0.25) is 5.91 Å². The topological polar surface area (TPSA) is 52.9 Å². The van der Waals surface area contributed by atoms with Crippen LogP contribution in [0.1, 0.15) is 38.2 Å². The van der Waals surface area contributed by atoms with Gasteiger partial charge in [-0.2, -0.15) is 5.26 Å². The maximum atomic E-state index is 12.3. The van der Waals surface area contributed by atoms with Gasteiger partial charge in [0.1, 0.15) is 5.92 Å². The lowest BCUT2D eigenvalue weighted by Crippen LogP contribution is -2.44. The van der Waals surface area contributed by atoms with E-state index in [0.29, 0.717) is 12.3 Å². The van der Waals surface area contributed by atoms with Gasteiger partial charge < -0.3 is 5.32 Å². The largest absolute Gasteiger partial charge is 0.352 e. The molecular weight excluding hydrogens is 248 g/mol. The Bertz CT molecular complexity index is 478. The second kappa shape index (κ2) is 7.09. The first-order valence-corrected chi connectivity index (χ1v) is 7.44. The minimum Gasteiger partial charge on any atom is -0.352 e. The van der Waals surface area contributed by atoms with Crippen molar-refractivity contribution in [2.45, 2.75) is 45.1 Å². The summed E-state index contributed by atoms with van der Waals surface area (Å²) in [6.45, 7) is 2.18. The van der Waals surface area contributed by atoms with Crippen LogP contribution in [0.15, 0.2) is 30.3 Å². The lowest BCUT2D eigenvalue weighted by Gasteiger charge is -2.30. The molecule has 1 aliphatic rings. The van der Waals surface area contributed by atoms with Gasteiger partial charge in [-0.15, -0.1) is 0 Å². The summed E-state index contributed by atoms with van der Waals surface area (Å²) in [6.07, 6.45) is 5.12. The first-order chi connectivity index (χ1) is 9.70. The number of carbonyl (C=O) groups is 1. The van der Waals surface area contributed by atoms with Crippen LogP contribution in [0.5, 0.6) is 0 Å². The standard InChI is InChI=1S/C17H22N2O/c1-13-7-5-6-10-16(13)19-17(20)15(12-18)11-14-8-3-2-4-9-14/h2-4,8-9,13,15-16H,5-7,10-11H2,1H3,(H,19,20). The summed E-state index contributed by atoms with van der Waals surface area (Å²) in [5.41, 5.74) is 1.03. The van der Waals surface area contributed by atoms with Crippen LogP contribution in [0, 0.1) is 23.2 Å². The Hall–Kier alpha value is -1.82. The van der Waals surface area contributed by atoms with E-state index in [4.69, 9.17) is 0 Å². The molecule has 0 bridgehead atoms. The van der Waals surface area contributed by atoms with Crippen LogP contribution in [0.2, 0.25) is 0 Å². The first kappa shape index (κ1) is 14.6. The highest BCUT2D eigenvalue weighted by atomic mass is 16.1. The summed E-state index contributed by atoms with van der Waals surface area (Å²) in [4.78, 5) is 12.3. The summed E-state index contributed by atoms with van der Waals surface area (Å²) in [5, 5.41) is 12.3. The van der Waals surface area contributed by atoms with Crippen molar-refractivity contribution in [2.75, 3.05) is 0 Å². The normalized spacial score (nSPS) is 23.6. The van der Waals surface area contributed by atoms with Crippen molar-refractivity contribution in [1.29, 1.82) is 5.26 Å². The fourth-order valence-corrected chi connectivity index (χ4v) is 2.86. The lowest BCUT2D eigenvalue weighted by atomic mass is 9.85. The van der Waals surface area contributed by atoms with E-state index in [1.54, 1.807) is 0 Å². The third kappa shape index (κ3) is 3.84. The Morgan fingerprint density at radius 3 is 2.70 bits per heavy atom. The van der Waals surface area contributed by atoms with Crippen molar-refractivity contribution in [3.63, 3.8) is 0 Å². The van der Waals surface area contributed by atoms with Gasteiger partial charge in [-0.25, -0.2) is 0 Å². The van der Waals surface area contributed by atoms with Crippen molar-refractivity contribution < 1.29 is 4.79 Å². The molecule has 20 heavy (non-hydrogen) atoms. The smallest absolute Gasteiger partial charge is 0.237 e. The highest BCUT2D eigenvalue weighted by Crippen LogP contribution is 2.24. The molecule has 0 aromatic heterocycles. The van der Waals surface area contributed by atoms with E-state index in [1.165, 1.54) is 19.3 Å². The predicted octanol–water partition coefficient (Wildman–Crippen LogP) is 3.06. The SMILES string of the molecule is CC1CCCCC1NC(=O)C(C#N)Cc1ccccc1. The third-order valence-electron chi connectivity index (χ3n) is 4.19. The van der Waals surface area contributed by atoms with Gasteiger partial charge in [-0.3, -0.25) is 4.79 Å². The summed E-state index contributed by atoms with van der Waals surface area (Å²) in [5.74, 6) is -0.189. The fourth-order valence-electron chi connectivity index (χ4n) is 2.86. The van der Waals surface area contributed by atoms with Gasteiger partial charge in [0, 0.05) is 6.04 Å². The predicted molar refractivity (Wildman–Crippen MR) is 78.8 cm³/mol. The average Bonchev–Trinajstić information content (AvgIpc) is 2.48. The molecule has 1 aromatic rings. The molecule has 1 fully saturated rings. The Labute approximate surface area is 121 Å². The zero-order chi connectivity index (χ0) is 14.4. The number of rotatable bonds is 4. The third-order valence-corrected chi connectivity index (χ3v) is 4.19. The van der Waals surface area contributed by atoms with E-state index < -0.39 is 5.92 Å². The quantitative estimate of drug-likeness (QED) is 0.914. The van der Waals surface area contributed by atoms with Crippen LogP contribution in [-0.4, -0.2) is 11.9 Å². The van der Waals surface area contributed by atoms with Crippen LogP contribution >= 0.6 is 0 Å². The molecule has 1 amide bonds. The fraction of sp³-hybridized carbons (Fsp3) is 0.529. The molecule has 0 heterocycles. The Morgan fingerprint density at radius 2 is 2.05 bits per heavy atom. The molecule has 1 aliphatic carbocycles. The summed E-state index contributed by atoms with van der Waals surface area (Å²) in [7, 11) is 0. The second-order valence-electron chi connectivity index (χ2n) is 5.75. The van der Waals surface area contributed by atoms with Crippen molar-refractivity contribution >= 4 is 5.91 Å². The van der Waals surface area contributed by atoms with Gasteiger partial charge in [-0.05, 0) is 30.7 Å². The number of hydrogen-bond acceptors (Lipinski definition) is 2. The minimum absolute atomic E-state index is 0.116. The van der Waals surface area contributed by atoms with E-state index in [-0.39, 0.29) is 11.9 Å². The van der Waals surface area contributed by atoms with Crippen LogP contribution in [0.4, 0.5) is 0 Å². The number of amides is 1. The molecule has 0 radical (unpaired) electrons. The van der Waals surface area contributed by atoms with Crippen molar-refractivity contribution in [3.8, 4) is 6.07 Å². The second-order valence-corrected chi connectivity index (χ2v) is 5.75. The number of hydrogen-bond donors (Lipinski definition) is 1. The van der Waals surface area contributed by atoms with Gasteiger partial charge in [0.25, 0.3) is 0 Å². The molecule has 3 nitrogen and oxygen atoms in total. The number of nitrogens with zero attached hydrogens (tertiary/aromatic N) is 1. The summed E-state index contributed by atoms with van der Waals surface area (Å²) in [6, 6.07) is 12.1. The molecule has 3 heteroatoms. The summed E-state index contributed by atoms with van der Waals surface area (Å²) < 4.78 is 0. The van der Waals surface area contributed by atoms with Crippen LogP contribution < -0.4 is 5.32 Å². The van der Waals surface area contributed by atoms with Crippen molar-refractivity contribution in [2.24, 2.45) is 11.8 Å². The molecule has 2 rings (SSSR count). The Balaban J connectivity index is 1.94. The molecule has 0 aliphatic heterocycles. The van der Waals surface area contributed by atoms with E-state index in [2.05, 4.69) is 18.3 Å². The van der Waals surface area contributed by atoms with Crippen molar-refractivity contribution in [1.82, 2.24) is 5.32 Å². The number of benzene rings is 1. The van der Waals surface area contributed by atoms with E-state index in [9.17, 15) is 10.1 Å². The molecule has 3 atom stereocenters. The molecule has 0 spiro atoms. The first-order valence-electron chi connectivity index (χ1n) is 7.44. The van der Waals surface area contributed by atoms with Gasteiger partial charge in [-0.1, -0.05) is 50.1 Å². The molecule has 0 saturated heterocycles. The van der Waals surface area contributed by atoms with Crippen LogP contribution in [0.25, 0.3) is 0 Å².